The third-order valence-electron chi connectivity index (χ3n) is 2.54. The second-order valence-corrected chi connectivity index (χ2v) is 3.81. The van der Waals surface area contributed by atoms with Crippen molar-refractivity contribution in [2.24, 2.45) is 11.8 Å². The molecular formula is C12H18O2. The summed E-state index contributed by atoms with van der Waals surface area (Å²) in [4.78, 5) is 10.7. The van der Waals surface area contributed by atoms with Crippen LogP contribution in [0.3, 0.4) is 0 Å². The molecule has 14 heavy (non-hydrogen) atoms. The second kappa shape index (κ2) is 5.63. The van der Waals surface area contributed by atoms with Crippen molar-refractivity contribution in [3.63, 3.8) is 0 Å². The predicted octanol–water partition coefficient (Wildman–Crippen LogP) is 2.71. The summed E-state index contributed by atoms with van der Waals surface area (Å²) in [6.07, 6.45) is 10.7. The van der Waals surface area contributed by atoms with E-state index in [4.69, 9.17) is 4.74 Å². The molecule has 0 saturated heterocycles. The van der Waals surface area contributed by atoms with Gasteiger partial charge in [0, 0.05) is 12.8 Å². The molecule has 0 saturated carbocycles. The van der Waals surface area contributed by atoms with Crippen molar-refractivity contribution in [1.29, 1.82) is 0 Å². The maximum atomic E-state index is 10.7. The van der Waals surface area contributed by atoms with Gasteiger partial charge in [0.15, 0.2) is 0 Å². The van der Waals surface area contributed by atoms with Gasteiger partial charge in [-0.05, 0) is 18.8 Å². The number of carbonyl (C=O) groups is 1. The number of hydrogen-bond donors (Lipinski definition) is 0. The highest BCUT2D eigenvalue weighted by Crippen LogP contribution is 2.20. The van der Waals surface area contributed by atoms with Gasteiger partial charge in [-0.3, -0.25) is 4.79 Å². The number of rotatable bonds is 2. The smallest absolute Gasteiger partial charge is 0.302 e. The Balaban J connectivity index is 2.47. The quantitative estimate of drug-likeness (QED) is 0.499. The highest BCUT2D eigenvalue weighted by Gasteiger charge is 2.15. The van der Waals surface area contributed by atoms with E-state index in [2.05, 4.69) is 31.2 Å². The van der Waals surface area contributed by atoms with Crippen LogP contribution >= 0.6 is 0 Å². The van der Waals surface area contributed by atoms with Gasteiger partial charge in [0.2, 0.25) is 0 Å². The van der Waals surface area contributed by atoms with Gasteiger partial charge in [0.1, 0.15) is 0 Å². The molecule has 0 fully saturated rings. The van der Waals surface area contributed by atoms with Crippen LogP contribution in [0, 0.1) is 11.8 Å². The number of allylic oxidation sites excluding steroid dienone is 3. The normalized spacial score (nSPS) is 26.7. The van der Waals surface area contributed by atoms with Crippen molar-refractivity contribution in [2.75, 3.05) is 6.61 Å². The van der Waals surface area contributed by atoms with Gasteiger partial charge < -0.3 is 4.74 Å². The van der Waals surface area contributed by atoms with Crippen LogP contribution in [0.1, 0.15) is 26.7 Å². The van der Waals surface area contributed by atoms with Crippen molar-refractivity contribution < 1.29 is 9.53 Å². The minimum absolute atomic E-state index is 0.191. The standard InChI is InChI=1S/C12H18O2/c1-10-7-5-3-4-6-8-12(10)9-14-11(2)13/h3,5-6,8,10,12H,4,7,9H2,1-2H3. The van der Waals surface area contributed by atoms with E-state index in [9.17, 15) is 4.79 Å². The zero-order valence-corrected chi connectivity index (χ0v) is 8.90. The van der Waals surface area contributed by atoms with Crippen molar-refractivity contribution in [1.82, 2.24) is 0 Å². The van der Waals surface area contributed by atoms with Crippen molar-refractivity contribution in [3.05, 3.63) is 24.3 Å². The number of hydrogen-bond acceptors (Lipinski definition) is 2. The molecule has 2 unspecified atom stereocenters. The van der Waals surface area contributed by atoms with E-state index in [0.717, 1.165) is 12.8 Å². The molecule has 2 atom stereocenters. The number of carbonyl (C=O) groups excluding carboxylic acids is 1. The summed E-state index contributed by atoms with van der Waals surface area (Å²) in [5.41, 5.74) is 0. The van der Waals surface area contributed by atoms with E-state index < -0.39 is 0 Å². The van der Waals surface area contributed by atoms with Crippen molar-refractivity contribution in [3.8, 4) is 0 Å². The van der Waals surface area contributed by atoms with Gasteiger partial charge in [-0.1, -0.05) is 31.2 Å². The van der Waals surface area contributed by atoms with E-state index in [1.165, 1.54) is 6.92 Å². The molecule has 0 aromatic rings. The summed E-state index contributed by atoms with van der Waals surface area (Å²) in [5.74, 6) is 0.717. The fourth-order valence-corrected chi connectivity index (χ4v) is 1.54. The average molecular weight is 194 g/mol. The van der Waals surface area contributed by atoms with Crippen LogP contribution in [0.4, 0.5) is 0 Å². The Morgan fingerprint density at radius 3 is 2.93 bits per heavy atom. The van der Waals surface area contributed by atoms with E-state index in [1.807, 2.05) is 0 Å². The van der Waals surface area contributed by atoms with Crippen LogP contribution in [-0.2, 0) is 9.53 Å². The fourth-order valence-electron chi connectivity index (χ4n) is 1.54. The summed E-state index contributed by atoms with van der Waals surface area (Å²) in [6, 6.07) is 0. The fraction of sp³-hybridized carbons (Fsp3) is 0.583. The van der Waals surface area contributed by atoms with Gasteiger partial charge in [0.25, 0.3) is 0 Å². The maximum Gasteiger partial charge on any atom is 0.302 e. The molecule has 0 N–H and O–H groups in total. The minimum atomic E-state index is -0.191. The Morgan fingerprint density at radius 2 is 2.21 bits per heavy atom. The minimum Gasteiger partial charge on any atom is -0.465 e. The predicted molar refractivity (Wildman–Crippen MR) is 56.8 cm³/mol. The van der Waals surface area contributed by atoms with Gasteiger partial charge in [-0.15, -0.1) is 0 Å². The molecule has 2 nitrogen and oxygen atoms in total. The van der Waals surface area contributed by atoms with Crippen LogP contribution < -0.4 is 0 Å². The van der Waals surface area contributed by atoms with Gasteiger partial charge in [0.05, 0.1) is 6.61 Å². The van der Waals surface area contributed by atoms with Gasteiger partial charge in [-0.2, -0.15) is 0 Å². The van der Waals surface area contributed by atoms with Crippen LogP contribution in [0.2, 0.25) is 0 Å². The molecule has 0 aromatic carbocycles. The van der Waals surface area contributed by atoms with Crippen molar-refractivity contribution >= 4 is 5.97 Å². The lowest BCUT2D eigenvalue weighted by molar-refractivity contribution is -0.142. The zero-order valence-electron chi connectivity index (χ0n) is 8.90. The van der Waals surface area contributed by atoms with Gasteiger partial charge >= 0.3 is 5.97 Å². The molecule has 78 valence electrons. The molecular weight excluding hydrogens is 176 g/mol. The molecule has 0 radical (unpaired) electrons. The molecule has 0 bridgehead atoms. The first kappa shape index (κ1) is 11.0. The zero-order chi connectivity index (χ0) is 10.4. The van der Waals surface area contributed by atoms with Crippen LogP contribution in [-0.4, -0.2) is 12.6 Å². The first-order chi connectivity index (χ1) is 6.70. The highest BCUT2D eigenvalue weighted by molar-refractivity contribution is 5.65. The Hall–Kier alpha value is -1.05. The summed E-state index contributed by atoms with van der Waals surface area (Å²) in [5, 5.41) is 0. The van der Waals surface area contributed by atoms with Gasteiger partial charge in [-0.25, -0.2) is 0 Å². The Morgan fingerprint density at radius 1 is 1.43 bits per heavy atom. The topological polar surface area (TPSA) is 26.3 Å². The second-order valence-electron chi connectivity index (χ2n) is 3.81. The summed E-state index contributed by atoms with van der Waals surface area (Å²) in [7, 11) is 0. The molecule has 1 aliphatic rings. The maximum absolute atomic E-state index is 10.7. The molecule has 0 aromatic heterocycles. The largest absolute Gasteiger partial charge is 0.465 e. The lowest BCUT2D eigenvalue weighted by Crippen LogP contribution is -2.17. The third kappa shape index (κ3) is 3.77. The lowest BCUT2D eigenvalue weighted by atomic mass is 9.90. The Bertz CT molecular complexity index is 241. The van der Waals surface area contributed by atoms with E-state index in [1.54, 1.807) is 0 Å². The summed E-state index contributed by atoms with van der Waals surface area (Å²) < 4.78 is 5.03. The molecule has 2 heteroatoms. The van der Waals surface area contributed by atoms with Crippen LogP contribution in [0.15, 0.2) is 24.3 Å². The molecule has 0 spiro atoms. The Labute approximate surface area is 85.6 Å². The summed E-state index contributed by atoms with van der Waals surface area (Å²) >= 11 is 0. The number of ether oxygens (including phenoxy) is 1. The van der Waals surface area contributed by atoms with Crippen LogP contribution in [0.25, 0.3) is 0 Å². The Kier molecular flexibility index (Phi) is 4.44. The first-order valence-corrected chi connectivity index (χ1v) is 5.15. The summed E-state index contributed by atoms with van der Waals surface area (Å²) in [6.45, 7) is 4.16. The van der Waals surface area contributed by atoms with Crippen LogP contribution in [0.5, 0.6) is 0 Å². The van der Waals surface area contributed by atoms with E-state index >= 15 is 0 Å². The first-order valence-electron chi connectivity index (χ1n) is 5.15. The van der Waals surface area contributed by atoms with E-state index in [0.29, 0.717) is 18.4 Å². The molecule has 1 aliphatic carbocycles. The lowest BCUT2D eigenvalue weighted by Gasteiger charge is -2.20. The average Bonchev–Trinajstić information content (AvgIpc) is 2.10. The third-order valence-corrected chi connectivity index (χ3v) is 2.54. The monoisotopic (exact) mass is 194 g/mol. The molecule has 0 heterocycles. The highest BCUT2D eigenvalue weighted by atomic mass is 16.5. The molecule has 0 amide bonds. The number of esters is 1. The molecule has 0 aliphatic heterocycles. The van der Waals surface area contributed by atoms with Crippen molar-refractivity contribution in [2.45, 2.75) is 26.7 Å². The molecule has 1 rings (SSSR count). The SMILES string of the molecule is CC(=O)OCC1C=CCC=CCC1C. The van der Waals surface area contributed by atoms with E-state index in [-0.39, 0.29) is 5.97 Å².